The van der Waals surface area contributed by atoms with E-state index in [0.717, 1.165) is 17.8 Å². The average Bonchev–Trinajstić information content (AvgIpc) is 2.26. The summed E-state index contributed by atoms with van der Waals surface area (Å²) in [6.45, 7) is 0. The van der Waals surface area contributed by atoms with Crippen molar-refractivity contribution in [1.82, 2.24) is 0 Å². The van der Waals surface area contributed by atoms with Crippen molar-refractivity contribution >= 4 is 0 Å². The molecule has 1 spiro atoms. The van der Waals surface area contributed by atoms with E-state index in [4.69, 9.17) is 0 Å². The smallest absolute Gasteiger partial charge is 0.0189 e. The third kappa shape index (κ3) is 0.724. The van der Waals surface area contributed by atoms with E-state index in [9.17, 15) is 0 Å². The van der Waals surface area contributed by atoms with Gasteiger partial charge in [0.2, 0.25) is 0 Å². The minimum atomic E-state index is 0.589. The van der Waals surface area contributed by atoms with Crippen LogP contribution in [0.1, 0.15) is 43.2 Å². The van der Waals surface area contributed by atoms with Gasteiger partial charge in [0.25, 0.3) is 0 Å². The SMILES string of the molecule is c1ccc2c(c1)[C]1C3CC4CC(C3)CC12C4. The van der Waals surface area contributed by atoms with E-state index in [-0.39, 0.29) is 0 Å². The summed E-state index contributed by atoms with van der Waals surface area (Å²) >= 11 is 0. The fourth-order valence-electron chi connectivity index (χ4n) is 5.73. The van der Waals surface area contributed by atoms with E-state index < -0.39 is 0 Å². The van der Waals surface area contributed by atoms with Crippen LogP contribution in [-0.2, 0) is 5.41 Å². The lowest BCUT2D eigenvalue weighted by Gasteiger charge is -2.67. The topological polar surface area (TPSA) is 0 Å². The molecular formula is C16H17. The largest absolute Gasteiger partial charge is 0.0620 e. The summed E-state index contributed by atoms with van der Waals surface area (Å²) in [7, 11) is 0. The summed E-state index contributed by atoms with van der Waals surface area (Å²) < 4.78 is 0. The second-order valence-corrected chi connectivity index (χ2v) is 6.59. The molecule has 0 N–H and O–H groups in total. The molecule has 1 radical (unpaired) electrons. The summed E-state index contributed by atoms with van der Waals surface area (Å²) in [5.74, 6) is 4.99. The highest BCUT2D eigenvalue weighted by atomic mass is 14.7. The summed E-state index contributed by atoms with van der Waals surface area (Å²) in [6.07, 6.45) is 7.57. The third-order valence-electron chi connectivity index (χ3n) is 5.83. The van der Waals surface area contributed by atoms with Crippen molar-refractivity contribution in [2.45, 2.75) is 37.5 Å². The number of fused-ring (bicyclic) bond motifs is 1. The maximum Gasteiger partial charge on any atom is 0.0189 e. The molecule has 1 aromatic carbocycles. The van der Waals surface area contributed by atoms with Gasteiger partial charge in [-0.25, -0.2) is 0 Å². The van der Waals surface area contributed by atoms with Crippen LogP contribution in [0.3, 0.4) is 0 Å². The highest BCUT2D eigenvalue weighted by Gasteiger charge is 2.64. The summed E-state index contributed by atoms with van der Waals surface area (Å²) in [5.41, 5.74) is 3.95. The van der Waals surface area contributed by atoms with Crippen molar-refractivity contribution in [3.63, 3.8) is 0 Å². The van der Waals surface area contributed by atoms with Gasteiger partial charge in [-0.15, -0.1) is 0 Å². The molecule has 6 rings (SSSR count). The van der Waals surface area contributed by atoms with Crippen LogP contribution in [-0.4, -0.2) is 0 Å². The van der Waals surface area contributed by atoms with Crippen molar-refractivity contribution in [1.29, 1.82) is 0 Å². The third-order valence-corrected chi connectivity index (χ3v) is 5.83. The Morgan fingerprint density at radius 1 is 0.938 bits per heavy atom. The van der Waals surface area contributed by atoms with Crippen LogP contribution in [0, 0.1) is 23.7 Å². The molecule has 0 aromatic heterocycles. The Labute approximate surface area is 97.1 Å². The zero-order valence-corrected chi connectivity index (χ0v) is 9.58. The van der Waals surface area contributed by atoms with Crippen LogP contribution in [0.15, 0.2) is 24.3 Å². The van der Waals surface area contributed by atoms with Crippen LogP contribution in [0.5, 0.6) is 0 Å². The highest BCUT2D eigenvalue weighted by molar-refractivity contribution is 5.63. The number of benzene rings is 1. The predicted molar refractivity (Wildman–Crippen MR) is 64.0 cm³/mol. The highest BCUT2D eigenvalue weighted by Crippen LogP contribution is 2.71. The zero-order chi connectivity index (χ0) is 10.3. The minimum absolute atomic E-state index is 0.589. The molecule has 0 amide bonds. The molecule has 0 heteroatoms. The van der Waals surface area contributed by atoms with Gasteiger partial charge in [0.1, 0.15) is 0 Å². The Balaban J connectivity index is 1.75. The molecule has 4 fully saturated rings. The Kier molecular flexibility index (Phi) is 1.25. The quantitative estimate of drug-likeness (QED) is 0.611. The molecule has 0 aliphatic heterocycles. The Bertz CT molecular complexity index is 459. The molecule has 2 atom stereocenters. The zero-order valence-electron chi connectivity index (χ0n) is 9.58. The first-order chi connectivity index (χ1) is 7.87. The molecule has 0 saturated heterocycles. The molecule has 0 heterocycles. The Morgan fingerprint density at radius 3 is 2.50 bits per heavy atom. The molecule has 4 saturated carbocycles. The lowest BCUT2D eigenvalue weighted by molar-refractivity contribution is 0.00906. The van der Waals surface area contributed by atoms with Crippen LogP contribution < -0.4 is 0 Å². The van der Waals surface area contributed by atoms with Crippen molar-refractivity contribution in [2.75, 3.05) is 0 Å². The fourth-order valence-corrected chi connectivity index (χ4v) is 5.73. The Morgan fingerprint density at radius 2 is 1.69 bits per heavy atom. The van der Waals surface area contributed by atoms with Crippen molar-refractivity contribution in [3.8, 4) is 0 Å². The van der Waals surface area contributed by atoms with E-state index in [1.165, 1.54) is 25.7 Å². The molecular weight excluding hydrogens is 192 g/mol. The van der Waals surface area contributed by atoms with Crippen LogP contribution in [0.25, 0.3) is 0 Å². The molecule has 5 aliphatic rings. The van der Waals surface area contributed by atoms with Crippen LogP contribution in [0.4, 0.5) is 0 Å². The molecule has 1 aromatic rings. The average molecular weight is 209 g/mol. The molecule has 16 heavy (non-hydrogen) atoms. The second kappa shape index (κ2) is 2.39. The van der Waals surface area contributed by atoms with Gasteiger partial charge < -0.3 is 0 Å². The fraction of sp³-hybridized carbons (Fsp3) is 0.562. The predicted octanol–water partition coefficient (Wildman–Crippen LogP) is 3.70. The van der Waals surface area contributed by atoms with E-state index >= 15 is 0 Å². The maximum atomic E-state index is 2.41. The van der Waals surface area contributed by atoms with E-state index in [1.807, 2.05) is 5.92 Å². The molecule has 5 aliphatic carbocycles. The maximum absolute atomic E-state index is 2.41. The lowest BCUT2D eigenvalue weighted by atomic mass is 9.37. The summed E-state index contributed by atoms with van der Waals surface area (Å²) in [5, 5.41) is 0. The Hall–Kier alpha value is -0.780. The van der Waals surface area contributed by atoms with Crippen molar-refractivity contribution in [2.24, 2.45) is 17.8 Å². The first kappa shape index (κ1) is 8.33. The minimum Gasteiger partial charge on any atom is -0.0620 e. The van der Waals surface area contributed by atoms with Gasteiger partial charge in [0, 0.05) is 11.3 Å². The lowest BCUT2D eigenvalue weighted by Crippen LogP contribution is -2.59. The van der Waals surface area contributed by atoms with Crippen LogP contribution >= 0.6 is 0 Å². The number of hydrogen-bond acceptors (Lipinski definition) is 0. The summed E-state index contributed by atoms with van der Waals surface area (Å²) in [6, 6.07) is 9.25. The second-order valence-electron chi connectivity index (χ2n) is 6.59. The van der Waals surface area contributed by atoms with Gasteiger partial charge in [0.15, 0.2) is 0 Å². The van der Waals surface area contributed by atoms with Gasteiger partial charge in [-0.3, -0.25) is 0 Å². The van der Waals surface area contributed by atoms with Crippen molar-refractivity contribution < 1.29 is 0 Å². The van der Waals surface area contributed by atoms with Crippen LogP contribution in [0.2, 0.25) is 0 Å². The van der Waals surface area contributed by atoms with Gasteiger partial charge in [-0.1, -0.05) is 24.3 Å². The first-order valence-corrected chi connectivity index (χ1v) is 6.84. The van der Waals surface area contributed by atoms with Crippen molar-refractivity contribution in [3.05, 3.63) is 41.3 Å². The first-order valence-electron chi connectivity index (χ1n) is 6.84. The number of hydrogen-bond donors (Lipinski definition) is 0. The molecule has 4 bridgehead atoms. The summed E-state index contributed by atoms with van der Waals surface area (Å²) in [4.78, 5) is 0. The monoisotopic (exact) mass is 209 g/mol. The van der Waals surface area contributed by atoms with E-state index in [2.05, 4.69) is 24.3 Å². The van der Waals surface area contributed by atoms with Gasteiger partial charge in [0.05, 0.1) is 0 Å². The molecule has 2 unspecified atom stereocenters. The van der Waals surface area contributed by atoms with E-state index in [1.54, 1.807) is 17.5 Å². The van der Waals surface area contributed by atoms with Gasteiger partial charge in [-0.2, -0.15) is 0 Å². The normalized spacial score (nSPS) is 47.4. The standard InChI is InChI=1S/C16H17/c1-2-4-14-13(3-1)15-12-6-10-5-11(7-12)9-16(14,15)8-10/h1-4,10-12H,5-9H2. The van der Waals surface area contributed by atoms with Gasteiger partial charge in [-0.05, 0) is 61.0 Å². The number of rotatable bonds is 0. The van der Waals surface area contributed by atoms with E-state index in [0.29, 0.717) is 5.41 Å². The molecule has 0 nitrogen and oxygen atoms in total. The van der Waals surface area contributed by atoms with Gasteiger partial charge >= 0.3 is 0 Å². The molecule has 81 valence electrons.